The van der Waals surface area contributed by atoms with Crippen molar-refractivity contribution in [1.29, 1.82) is 0 Å². The number of hydrogen-bond acceptors (Lipinski definition) is 6. The molecule has 2 rings (SSSR count). The van der Waals surface area contributed by atoms with Crippen molar-refractivity contribution in [3.8, 4) is 0 Å². The van der Waals surface area contributed by atoms with Gasteiger partial charge in [0.15, 0.2) is 0 Å². The first kappa shape index (κ1) is 15.7. The predicted octanol–water partition coefficient (Wildman–Crippen LogP) is 3.56. The molecule has 5 nitrogen and oxygen atoms in total. The lowest BCUT2D eigenvalue weighted by Crippen LogP contribution is -2.10. The van der Waals surface area contributed by atoms with Crippen LogP contribution in [-0.4, -0.2) is 23.5 Å². The normalized spacial score (nSPS) is 10.5. The highest BCUT2D eigenvalue weighted by atomic mass is 32.1. The molecule has 0 aromatic carbocycles. The molecule has 0 unspecified atom stereocenters. The molecular formula is C14H16N2O3S2. The molecule has 0 fully saturated rings. The average Bonchev–Trinajstić information content (AvgIpc) is 2.92. The first-order chi connectivity index (χ1) is 9.92. The maximum Gasteiger partial charge on any atom is 0.348 e. The first-order valence-electron chi connectivity index (χ1n) is 6.45. The summed E-state index contributed by atoms with van der Waals surface area (Å²) in [5.74, 6) is -0.555. The summed E-state index contributed by atoms with van der Waals surface area (Å²) in [6.45, 7) is 7.58. The molecule has 2 aromatic heterocycles. The van der Waals surface area contributed by atoms with Gasteiger partial charge in [-0.15, -0.1) is 22.7 Å². The van der Waals surface area contributed by atoms with Crippen molar-refractivity contribution in [2.24, 2.45) is 0 Å². The molecule has 0 aliphatic heterocycles. The highest BCUT2D eigenvalue weighted by Gasteiger charge is 2.18. The van der Waals surface area contributed by atoms with Crippen molar-refractivity contribution in [1.82, 2.24) is 4.98 Å². The lowest BCUT2D eigenvalue weighted by Gasteiger charge is -2.00. The van der Waals surface area contributed by atoms with Gasteiger partial charge in [0.1, 0.15) is 9.75 Å². The maximum absolute atomic E-state index is 12.2. The smallest absolute Gasteiger partial charge is 0.348 e. The minimum absolute atomic E-state index is 0.199. The Hall–Kier alpha value is -1.73. The predicted molar refractivity (Wildman–Crippen MR) is 84.6 cm³/mol. The second kappa shape index (κ2) is 6.36. The molecule has 0 spiro atoms. The van der Waals surface area contributed by atoms with Gasteiger partial charge in [0, 0.05) is 0 Å². The van der Waals surface area contributed by atoms with Gasteiger partial charge in [0.25, 0.3) is 5.91 Å². The van der Waals surface area contributed by atoms with Crippen LogP contribution in [0.2, 0.25) is 0 Å². The van der Waals surface area contributed by atoms with Gasteiger partial charge in [0.05, 0.1) is 22.3 Å². The zero-order valence-electron chi connectivity index (χ0n) is 12.3. The summed E-state index contributed by atoms with van der Waals surface area (Å²) in [6, 6.07) is 1.78. The second-order valence-electron chi connectivity index (χ2n) is 4.44. The van der Waals surface area contributed by atoms with Crippen LogP contribution in [0.15, 0.2) is 6.07 Å². The number of thiophene rings is 1. The van der Waals surface area contributed by atoms with E-state index in [9.17, 15) is 9.59 Å². The lowest BCUT2D eigenvalue weighted by atomic mass is 10.3. The van der Waals surface area contributed by atoms with E-state index in [-0.39, 0.29) is 11.9 Å². The Morgan fingerprint density at radius 2 is 1.95 bits per heavy atom. The lowest BCUT2D eigenvalue weighted by molar-refractivity contribution is 0.0531. The summed E-state index contributed by atoms with van der Waals surface area (Å²) in [5, 5.41) is 4.30. The number of carbonyl (C=O) groups is 2. The Balaban J connectivity index is 2.17. The molecule has 0 atom stereocenters. The number of aryl methyl sites for hydroxylation is 3. The van der Waals surface area contributed by atoms with Gasteiger partial charge in [-0.05, 0) is 39.3 Å². The molecule has 0 bridgehead atoms. The van der Waals surface area contributed by atoms with Gasteiger partial charge in [-0.25, -0.2) is 9.78 Å². The van der Waals surface area contributed by atoms with E-state index in [0.29, 0.717) is 27.1 Å². The van der Waals surface area contributed by atoms with E-state index in [2.05, 4.69) is 10.3 Å². The number of ether oxygens (including phenoxy) is 1. The number of thiazole rings is 1. The number of anilines is 1. The SMILES string of the molecule is CCOC(=O)c1sc(NC(=O)c2sc(C)nc2C)cc1C. The van der Waals surface area contributed by atoms with Gasteiger partial charge >= 0.3 is 5.97 Å². The van der Waals surface area contributed by atoms with E-state index in [1.807, 2.05) is 20.8 Å². The fraction of sp³-hybridized carbons (Fsp3) is 0.357. The number of nitrogens with zero attached hydrogens (tertiary/aromatic N) is 1. The van der Waals surface area contributed by atoms with Crippen molar-refractivity contribution >= 4 is 39.6 Å². The summed E-state index contributed by atoms with van der Waals surface area (Å²) in [6.07, 6.45) is 0. The number of rotatable bonds is 4. The molecule has 1 N–H and O–H groups in total. The third-order valence-electron chi connectivity index (χ3n) is 2.73. The zero-order chi connectivity index (χ0) is 15.6. The molecule has 0 saturated heterocycles. The Labute approximate surface area is 131 Å². The van der Waals surface area contributed by atoms with Crippen LogP contribution in [0.4, 0.5) is 5.00 Å². The highest BCUT2D eigenvalue weighted by Crippen LogP contribution is 2.28. The molecule has 1 amide bonds. The number of esters is 1. The molecule has 0 radical (unpaired) electrons. The van der Waals surface area contributed by atoms with Crippen LogP contribution in [0, 0.1) is 20.8 Å². The van der Waals surface area contributed by atoms with Gasteiger partial charge in [-0.1, -0.05) is 0 Å². The molecule has 0 saturated carbocycles. The van der Waals surface area contributed by atoms with Crippen LogP contribution in [0.1, 0.15) is 42.5 Å². The van der Waals surface area contributed by atoms with Gasteiger partial charge in [-0.3, -0.25) is 4.79 Å². The number of hydrogen-bond donors (Lipinski definition) is 1. The Kier molecular flexibility index (Phi) is 4.74. The second-order valence-corrected chi connectivity index (χ2v) is 6.70. The summed E-state index contributed by atoms with van der Waals surface area (Å²) < 4.78 is 4.98. The number of amides is 1. The molecule has 7 heteroatoms. The van der Waals surface area contributed by atoms with Crippen molar-refractivity contribution in [3.05, 3.63) is 32.1 Å². The number of nitrogens with one attached hydrogen (secondary N) is 1. The molecule has 2 aromatic rings. The molecule has 21 heavy (non-hydrogen) atoms. The van der Waals surface area contributed by atoms with Crippen molar-refractivity contribution < 1.29 is 14.3 Å². The number of aromatic nitrogens is 1. The standard InChI is InChI=1S/C14H16N2O3S2/c1-5-19-14(18)11-7(2)6-10(21-11)16-13(17)12-8(3)15-9(4)20-12/h6H,5H2,1-4H3,(H,16,17). The fourth-order valence-corrected chi connectivity index (χ4v) is 3.63. The Morgan fingerprint density at radius 1 is 1.24 bits per heavy atom. The minimum atomic E-state index is -0.356. The number of carbonyl (C=O) groups excluding carboxylic acids is 2. The Bertz CT molecular complexity index is 688. The third kappa shape index (κ3) is 3.48. The van der Waals surface area contributed by atoms with Gasteiger partial charge in [-0.2, -0.15) is 0 Å². The summed E-state index contributed by atoms with van der Waals surface area (Å²) >= 11 is 2.58. The largest absolute Gasteiger partial charge is 0.462 e. The van der Waals surface area contributed by atoms with Crippen LogP contribution < -0.4 is 5.32 Å². The summed E-state index contributed by atoms with van der Waals surface area (Å²) in [5.41, 5.74) is 1.51. The topological polar surface area (TPSA) is 68.3 Å². The quantitative estimate of drug-likeness (QED) is 0.873. The van der Waals surface area contributed by atoms with Crippen molar-refractivity contribution in [3.63, 3.8) is 0 Å². The third-order valence-corrected chi connectivity index (χ3v) is 4.93. The van der Waals surface area contributed by atoms with E-state index in [1.54, 1.807) is 13.0 Å². The highest BCUT2D eigenvalue weighted by molar-refractivity contribution is 7.18. The Morgan fingerprint density at radius 3 is 2.52 bits per heavy atom. The van der Waals surface area contributed by atoms with E-state index < -0.39 is 0 Å². The van der Waals surface area contributed by atoms with Crippen LogP contribution in [0.3, 0.4) is 0 Å². The van der Waals surface area contributed by atoms with Crippen LogP contribution in [0.25, 0.3) is 0 Å². The van der Waals surface area contributed by atoms with E-state index in [4.69, 9.17) is 4.74 Å². The average molecular weight is 324 g/mol. The van der Waals surface area contributed by atoms with E-state index in [1.165, 1.54) is 22.7 Å². The van der Waals surface area contributed by atoms with Crippen LogP contribution in [-0.2, 0) is 4.74 Å². The molecule has 0 aliphatic rings. The van der Waals surface area contributed by atoms with Crippen molar-refractivity contribution in [2.45, 2.75) is 27.7 Å². The molecule has 112 valence electrons. The van der Waals surface area contributed by atoms with Crippen LogP contribution in [0.5, 0.6) is 0 Å². The molecule has 2 heterocycles. The zero-order valence-corrected chi connectivity index (χ0v) is 13.9. The van der Waals surface area contributed by atoms with Gasteiger partial charge < -0.3 is 10.1 Å². The van der Waals surface area contributed by atoms with E-state index in [0.717, 1.165) is 10.6 Å². The van der Waals surface area contributed by atoms with Crippen molar-refractivity contribution in [2.75, 3.05) is 11.9 Å². The fourth-order valence-electron chi connectivity index (χ4n) is 1.85. The summed E-state index contributed by atoms with van der Waals surface area (Å²) in [7, 11) is 0. The summed E-state index contributed by atoms with van der Waals surface area (Å²) in [4.78, 5) is 29.3. The van der Waals surface area contributed by atoms with Crippen LogP contribution >= 0.6 is 22.7 Å². The monoisotopic (exact) mass is 324 g/mol. The molecular weight excluding hydrogens is 308 g/mol. The first-order valence-corrected chi connectivity index (χ1v) is 8.08. The van der Waals surface area contributed by atoms with E-state index >= 15 is 0 Å². The maximum atomic E-state index is 12.2. The molecule has 0 aliphatic carbocycles. The van der Waals surface area contributed by atoms with Gasteiger partial charge in [0.2, 0.25) is 0 Å². The minimum Gasteiger partial charge on any atom is -0.462 e.